The van der Waals surface area contributed by atoms with Crippen LogP contribution in [0.5, 0.6) is 0 Å². The number of fused-ring (bicyclic) bond motifs is 1. The molecule has 0 fully saturated rings. The number of imidazole rings is 1. The molecule has 162 valence electrons. The predicted octanol–water partition coefficient (Wildman–Crippen LogP) is 3.04. The summed E-state index contributed by atoms with van der Waals surface area (Å²) in [5.74, 6) is -1.15. The zero-order chi connectivity index (χ0) is 22.5. The fourth-order valence-electron chi connectivity index (χ4n) is 3.24. The second-order valence-electron chi connectivity index (χ2n) is 7.14. The molecule has 9 nitrogen and oxygen atoms in total. The number of carbonyl (C=O) groups is 3. The van der Waals surface area contributed by atoms with Crippen molar-refractivity contribution >= 4 is 34.4 Å². The third-order valence-electron chi connectivity index (χ3n) is 4.90. The third-order valence-corrected chi connectivity index (χ3v) is 4.90. The number of furan rings is 1. The van der Waals surface area contributed by atoms with E-state index in [1.54, 1.807) is 54.5 Å². The zero-order valence-electron chi connectivity index (χ0n) is 17.3. The summed E-state index contributed by atoms with van der Waals surface area (Å²) < 4.78 is 7.40. The van der Waals surface area contributed by atoms with Gasteiger partial charge in [0.05, 0.1) is 6.33 Å². The van der Waals surface area contributed by atoms with Gasteiger partial charge in [0.15, 0.2) is 5.76 Å². The van der Waals surface area contributed by atoms with Crippen LogP contribution in [0.3, 0.4) is 0 Å². The van der Waals surface area contributed by atoms with Gasteiger partial charge < -0.3 is 14.3 Å². The highest BCUT2D eigenvalue weighted by Crippen LogP contribution is 2.24. The topological polar surface area (TPSA) is 118 Å². The van der Waals surface area contributed by atoms with Crippen LogP contribution in [0.15, 0.2) is 71.7 Å². The molecule has 0 aliphatic rings. The first-order valence-corrected chi connectivity index (χ1v) is 9.96. The molecule has 2 aromatic heterocycles. The first kappa shape index (κ1) is 20.9. The number of hydrazine groups is 1. The number of hydrogen-bond donors (Lipinski definition) is 3. The Morgan fingerprint density at radius 2 is 1.84 bits per heavy atom. The summed E-state index contributed by atoms with van der Waals surface area (Å²) in [6.07, 6.45) is 5.33. The van der Waals surface area contributed by atoms with Crippen LogP contribution in [0.4, 0.5) is 5.69 Å². The van der Waals surface area contributed by atoms with Crippen LogP contribution in [0.1, 0.15) is 32.9 Å². The largest absolute Gasteiger partial charge is 0.451 e. The minimum Gasteiger partial charge on any atom is -0.451 e. The Morgan fingerprint density at radius 3 is 2.62 bits per heavy atom. The second kappa shape index (κ2) is 9.17. The molecule has 0 bridgehead atoms. The fourth-order valence-corrected chi connectivity index (χ4v) is 3.24. The van der Waals surface area contributed by atoms with E-state index in [0.717, 1.165) is 5.39 Å². The number of nitrogens with zero attached hydrogens (tertiary/aromatic N) is 2. The van der Waals surface area contributed by atoms with Crippen molar-refractivity contribution in [3.05, 3.63) is 84.1 Å². The van der Waals surface area contributed by atoms with Gasteiger partial charge in [-0.3, -0.25) is 25.2 Å². The van der Waals surface area contributed by atoms with Gasteiger partial charge in [0.1, 0.15) is 5.58 Å². The van der Waals surface area contributed by atoms with Crippen molar-refractivity contribution in [3.8, 4) is 0 Å². The highest BCUT2D eigenvalue weighted by atomic mass is 16.3. The van der Waals surface area contributed by atoms with Crippen LogP contribution >= 0.6 is 0 Å². The van der Waals surface area contributed by atoms with Crippen LogP contribution in [0.2, 0.25) is 0 Å². The van der Waals surface area contributed by atoms with E-state index in [1.807, 2.05) is 18.2 Å². The van der Waals surface area contributed by atoms with E-state index < -0.39 is 11.8 Å². The number of para-hydroxylation sites is 1. The van der Waals surface area contributed by atoms with Crippen molar-refractivity contribution in [2.45, 2.75) is 19.9 Å². The van der Waals surface area contributed by atoms with Gasteiger partial charge in [-0.1, -0.05) is 24.3 Å². The average molecular weight is 431 g/mol. The van der Waals surface area contributed by atoms with E-state index in [0.29, 0.717) is 23.4 Å². The molecule has 2 aromatic carbocycles. The number of hydrogen-bond acceptors (Lipinski definition) is 5. The Kier molecular flexibility index (Phi) is 5.98. The summed E-state index contributed by atoms with van der Waals surface area (Å²) in [6.45, 7) is 2.28. The third kappa shape index (κ3) is 4.67. The number of aromatic nitrogens is 2. The lowest BCUT2D eigenvalue weighted by Gasteiger charge is -2.09. The summed E-state index contributed by atoms with van der Waals surface area (Å²) >= 11 is 0. The first-order chi connectivity index (χ1) is 15.5. The molecular weight excluding hydrogens is 410 g/mol. The Morgan fingerprint density at radius 1 is 1.03 bits per heavy atom. The fraction of sp³-hybridized carbons (Fsp3) is 0.130. The van der Waals surface area contributed by atoms with E-state index in [2.05, 4.69) is 21.2 Å². The molecule has 0 saturated heterocycles. The molecule has 9 heteroatoms. The number of amides is 3. The molecule has 2 heterocycles. The molecule has 0 spiro atoms. The lowest BCUT2D eigenvalue weighted by molar-refractivity contribution is -0.116. The Labute approximate surface area is 183 Å². The van der Waals surface area contributed by atoms with Gasteiger partial charge in [-0.05, 0) is 31.2 Å². The maximum Gasteiger partial charge on any atom is 0.305 e. The van der Waals surface area contributed by atoms with E-state index in [-0.39, 0.29) is 23.7 Å². The molecular formula is C23H21N5O4. The van der Waals surface area contributed by atoms with Gasteiger partial charge in [-0.25, -0.2) is 4.98 Å². The number of carbonyl (C=O) groups excluding carboxylic acids is 3. The summed E-state index contributed by atoms with van der Waals surface area (Å²) in [6, 6.07) is 13.7. The molecule has 32 heavy (non-hydrogen) atoms. The molecule has 0 aliphatic carbocycles. The molecule has 0 saturated carbocycles. The monoisotopic (exact) mass is 431 g/mol. The predicted molar refractivity (Wildman–Crippen MR) is 118 cm³/mol. The van der Waals surface area contributed by atoms with Gasteiger partial charge in [-0.2, -0.15) is 0 Å². The molecule has 0 aliphatic heterocycles. The normalized spacial score (nSPS) is 10.7. The van der Waals surface area contributed by atoms with Gasteiger partial charge in [-0.15, -0.1) is 0 Å². The van der Waals surface area contributed by atoms with Crippen molar-refractivity contribution in [2.75, 3.05) is 5.32 Å². The Balaban J connectivity index is 1.34. The number of anilines is 1. The van der Waals surface area contributed by atoms with Crippen molar-refractivity contribution in [1.82, 2.24) is 20.4 Å². The van der Waals surface area contributed by atoms with Crippen LogP contribution in [-0.4, -0.2) is 27.3 Å². The molecule has 0 radical (unpaired) electrons. The highest BCUT2D eigenvalue weighted by molar-refractivity contribution is 6.02. The lowest BCUT2D eigenvalue weighted by atomic mass is 10.1. The van der Waals surface area contributed by atoms with Crippen molar-refractivity contribution in [2.24, 2.45) is 0 Å². The minimum absolute atomic E-state index is 0.130. The van der Waals surface area contributed by atoms with Gasteiger partial charge in [0.2, 0.25) is 5.91 Å². The summed E-state index contributed by atoms with van der Waals surface area (Å²) in [4.78, 5) is 41.0. The van der Waals surface area contributed by atoms with Crippen molar-refractivity contribution < 1.29 is 18.8 Å². The molecule has 4 rings (SSSR count). The average Bonchev–Trinajstić information content (AvgIpc) is 3.44. The number of rotatable bonds is 6. The number of benzene rings is 2. The Hall–Kier alpha value is -4.40. The maximum absolute atomic E-state index is 12.5. The van der Waals surface area contributed by atoms with Crippen LogP contribution in [0, 0.1) is 6.92 Å². The zero-order valence-corrected chi connectivity index (χ0v) is 17.3. The van der Waals surface area contributed by atoms with E-state index >= 15 is 0 Å². The van der Waals surface area contributed by atoms with Crippen LogP contribution in [0.25, 0.3) is 11.0 Å². The summed E-state index contributed by atoms with van der Waals surface area (Å²) in [7, 11) is 0. The molecule has 3 N–H and O–H groups in total. The van der Waals surface area contributed by atoms with Gasteiger partial charge >= 0.3 is 5.91 Å². The summed E-state index contributed by atoms with van der Waals surface area (Å²) in [5, 5.41) is 3.59. The SMILES string of the molecule is Cc1c(C(=O)NNC(=O)c2cccc(NC(=O)CCn3ccnc3)c2)oc2ccccc12. The number of nitrogens with one attached hydrogen (secondary N) is 3. The van der Waals surface area contributed by atoms with Crippen LogP contribution in [-0.2, 0) is 11.3 Å². The highest BCUT2D eigenvalue weighted by Gasteiger charge is 2.18. The van der Waals surface area contributed by atoms with Crippen LogP contribution < -0.4 is 16.2 Å². The van der Waals surface area contributed by atoms with E-state index in [9.17, 15) is 14.4 Å². The van der Waals surface area contributed by atoms with E-state index in [1.165, 1.54) is 6.07 Å². The minimum atomic E-state index is -0.559. The van der Waals surface area contributed by atoms with Gasteiger partial charge in [0, 0.05) is 47.6 Å². The van der Waals surface area contributed by atoms with E-state index in [4.69, 9.17) is 4.42 Å². The maximum atomic E-state index is 12.5. The molecule has 0 atom stereocenters. The standard InChI is InChI=1S/C23H21N5O4/c1-15-18-7-2-3-8-19(18)32-21(15)23(31)27-26-22(30)16-5-4-6-17(13-16)25-20(29)9-11-28-12-10-24-14-28/h2-8,10,12-14H,9,11H2,1H3,(H,25,29)(H,26,30)(H,27,31). The smallest absolute Gasteiger partial charge is 0.305 e. The van der Waals surface area contributed by atoms with Crippen molar-refractivity contribution in [3.63, 3.8) is 0 Å². The molecule has 4 aromatic rings. The molecule has 0 unspecified atom stereocenters. The molecule has 3 amide bonds. The summed E-state index contributed by atoms with van der Waals surface area (Å²) in [5.41, 5.74) is 6.78. The first-order valence-electron chi connectivity index (χ1n) is 9.96. The van der Waals surface area contributed by atoms with Gasteiger partial charge in [0.25, 0.3) is 5.91 Å². The number of aryl methyl sites for hydroxylation is 2. The quantitative estimate of drug-likeness (QED) is 0.406. The lowest BCUT2D eigenvalue weighted by Crippen LogP contribution is -2.41. The van der Waals surface area contributed by atoms with Crippen molar-refractivity contribution in [1.29, 1.82) is 0 Å². The second-order valence-corrected chi connectivity index (χ2v) is 7.14. The Bertz CT molecular complexity index is 1280.